The van der Waals surface area contributed by atoms with Crippen molar-refractivity contribution in [3.05, 3.63) is 51.5 Å². The van der Waals surface area contributed by atoms with Gasteiger partial charge in [0.05, 0.1) is 6.04 Å². The van der Waals surface area contributed by atoms with Crippen LogP contribution in [-0.2, 0) is 0 Å². The summed E-state index contributed by atoms with van der Waals surface area (Å²) >= 11 is 1.80. The van der Waals surface area contributed by atoms with Crippen molar-refractivity contribution in [3.8, 4) is 0 Å². The molecule has 0 aliphatic carbocycles. The van der Waals surface area contributed by atoms with E-state index in [-0.39, 0.29) is 6.04 Å². The molecule has 0 amide bonds. The lowest BCUT2D eigenvalue weighted by Crippen LogP contribution is -2.23. The van der Waals surface area contributed by atoms with Gasteiger partial charge >= 0.3 is 0 Å². The first-order valence-electron chi connectivity index (χ1n) is 6.43. The molecule has 2 aromatic rings. The van der Waals surface area contributed by atoms with Crippen molar-refractivity contribution in [2.24, 2.45) is 0 Å². The Bertz CT molecular complexity index is 491. The molecule has 0 aromatic carbocycles. The lowest BCUT2D eigenvalue weighted by molar-refractivity contribution is 0.601. The SMILES string of the molecule is CCCNC(c1cccs1)c1ccc(C)nc1C. The van der Waals surface area contributed by atoms with Crippen LogP contribution in [0.5, 0.6) is 0 Å². The molecular formula is C15H20N2S. The van der Waals surface area contributed by atoms with Crippen LogP contribution in [0.15, 0.2) is 29.6 Å². The molecular weight excluding hydrogens is 240 g/mol. The van der Waals surface area contributed by atoms with Crippen molar-refractivity contribution in [2.75, 3.05) is 6.54 Å². The fourth-order valence-corrected chi connectivity index (χ4v) is 2.93. The molecule has 1 atom stereocenters. The van der Waals surface area contributed by atoms with Crippen molar-refractivity contribution in [1.29, 1.82) is 0 Å². The van der Waals surface area contributed by atoms with Gasteiger partial charge in [0.15, 0.2) is 0 Å². The summed E-state index contributed by atoms with van der Waals surface area (Å²) in [6, 6.07) is 8.87. The minimum atomic E-state index is 0.276. The van der Waals surface area contributed by atoms with Gasteiger partial charge in [-0.2, -0.15) is 0 Å². The minimum Gasteiger partial charge on any atom is -0.306 e. The lowest BCUT2D eigenvalue weighted by atomic mass is 10.0. The molecule has 3 heteroatoms. The number of aromatic nitrogens is 1. The summed E-state index contributed by atoms with van der Waals surface area (Å²) in [7, 11) is 0. The second-order valence-corrected chi connectivity index (χ2v) is 5.51. The third-order valence-electron chi connectivity index (χ3n) is 3.00. The second-order valence-electron chi connectivity index (χ2n) is 4.53. The van der Waals surface area contributed by atoms with E-state index in [2.05, 4.69) is 53.8 Å². The van der Waals surface area contributed by atoms with Gasteiger partial charge in [0, 0.05) is 16.3 Å². The third-order valence-corrected chi connectivity index (χ3v) is 3.94. The van der Waals surface area contributed by atoms with Crippen molar-refractivity contribution in [3.63, 3.8) is 0 Å². The van der Waals surface area contributed by atoms with Gasteiger partial charge in [-0.05, 0) is 49.9 Å². The highest BCUT2D eigenvalue weighted by Crippen LogP contribution is 2.27. The van der Waals surface area contributed by atoms with Gasteiger partial charge in [0.2, 0.25) is 0 Å². The van der Waals surface area contributed by atoms with E-state index in [0.717, 1.165) is 24.4 Å². The molecule has 2 rings (SSSR count). The van der Waals surface area contributed by atoms with Crippen LogP contribution < -0.4 is 5.32 Å². The normalized spacial score (nSPS) is 12.6. The molecule has 2 heterocycles. The van der Waals surface area contributed by atoms with Crippen molar-refractivity contribution >= 4 is 11.3 Å². The van der Waals surface area contributed by atoms with E-state index < -0.39 is 0 Å². The summed E-state index contributed by atoms with van der Waals surface area (Å²) in [6.07, 6.45) is 1.14. The fraction of sp³-hybridized carbons (Fsp3) is 0.400. The maximum absolute atomic E-state index is 4.58. The fourth-order valence-electron chi connectivity index (χ4n) is 2.11. The second kappa shape index (κ2) is 6.12. The van der Waals surface area contributed by atoms with E-state index in [4.69, 9.17) is 0 Å². The van der Waals surface area contributed by atoms with E-state index in [1.807, 2.05) is 6.92 Å². The number of hydrogen-bond acceptors (Lipinski definition) is 3. The lowest BCUT2D eigenvalue weighted by Gasteiger charge is -2.19. The average molecular weight is 260 g/mol. The molecule has 96 valence electrons. The molecule has 1 N–H and O–H groups in total. The molecule has 18 heavy (non-hydrogen) atoms. The van der Waals surface area contributed by atoms with E-state index >= 15 is 0 Å². The zero-order valence-electron chi connectivity index (χ0n) is 11.2. The predicted octanol–water partition coefficient (Wildman–Crippen LogP) is 3.85. The van der Waals surface area contributed by atoms with Gasteiger partial charge in [0.25, 0.3) is 0 Å². The van der Waals surface area contributed by atoms with E-state index in [0.29, 0.717) is 0 Å². The molecule has 0 aliphatic rings. The molecule has 0 saturated carbocycles. The largest absolute Gasteiger partial charge is 0.306 e. The molecule has 0 saturated heterocycles. The molecule has 2 aromatic heterocycles. The summed E-state index contributed by atoms with van der Waals surface area (Å²) in [5.41, 5.74) is 3.49. The number of nitrogens with zero attached hydrogens (tertiary/aromatic N) is 1. The van der Waals surface area contributed by atoms with Crippen molar-refractivity contribution < 1.29 is 0 Å². The quantitative estimate of drug-likeness (QED) is 0.883. The number of rotatable bonds is 5. The molecule has 1 unspecified atom stereocenters. The van der Waals surface area contributed by atoms with Gasteiger partial charge in [-0.3, -0.25) is 4.98 Å². The van der Waals surface area contributed by atoms with Crippen LogP contribution in [0.4, 0.5) is 0 Å². The van der Waals surface area contributed by atoms with Crippen LogP contribution in [0.1, 0.15) is 41.2 Å². The Balaban J connectivity index is 2.33. The molecule has 0 fully saturated rings. The first-order chi connectivity index (χ1) is 8.72. The summed E-state index contributed by atoms with van der Waals surface area (Å²) in [6.45, 7) is 7.35. The van der Waals surface area contributed by atoms with Crippen LogP contribution in [0.2, 0.25) is 0 Å². The highest BCUT2D eigenvalue weighted by molar-refractivity contribution is 7.10. The van der Waals surface area contributed by atoms with E-state index in [9.17, 15) is 0 Å². The Kier molecular flexibility index (Phi) is 4.50. The molecule has 0 spiro atoms. The number of pyridine rings is 1. The Morgan fingerprint density at radius 3 is 2.72 bits per heavy atom. The molecule has 0 aliphatic heterocycles. The van der Waals surface area contributed by atoms with Crippen LogP contribution >= 0.6 is 11.3 Å². The number of hydrogen-bond donors (Lipinski definition) is 1. The Morgan fingerprint density at radius 1 is 1.28 bits per heavy atom. The maximum Gasteiger partial charge on any atom is 0.0688 e. The van der Waals surface area contributed by atoms with Gasteiger partial charge in [0.1, 0.15) is 0 Å². The summed E-state index contributed by atoms with van der Waals surface area (Å²) in [5.74, 6) is 0. The first-order valence-corrected chi connectivity index (χ1v) is 7.31. The Morgan fingerprint density at radius 2 is 2.11 bits per heavy atom. The van der Waals surface area contributed by atoms with Gasteiger partial charge < -0.3 is 5.32 Å². The standard InChI is InChI=1S/C15H20N2S/c1-4-9-16-15(14-6-5-10-18-14)13-8-7-11(2)17-12(13)3/h5-8,10,15-16H,4,9H2,1-3H3. The minimum absolute atomic E-state index is 0.276. The van der Waals surface area contributed by atoms with Crippen molar-refractivity contribution in [1.82, 2.24) is 10.3 Å². The summed E-state index contributed by atoms with van der Waals surface area (Å²) in [5, 5.41) is 5.75. The summed E-state index contributed by atoms with van der Waals surface area (Å²) in [4.78, 5) is 5.94. The van der Waals surface area contributed by atoms with Gasteiger partial charge in [-0.25, -0.2) is 0 Å². The number of nitrogens with one attached hydrogen (secondary N) is 1. The topological polar surface area (TPSA) is 24.9 Å². The van der Waals surface area contributed by atoms with Crippen LogP contribution in [-0.4, -0.2) is 11.5 Å². The molecule has 0 bridgehead atoms. The highest BCUT2D eigenvalue weighted by atomic mass is 32.1. The van der Waals surface area contributed by atoms with Crippen LogP contribution in [0.3, 0.4) is 0 Å². The average Bonchev–Trinajstić information content (AvgIpc) is 2.85. The van der Waals surface area contributed by atoms with E-state index in [1.165, 1.54) is 10.4 Å². The molecule has 2 nitrogen and oxygen atoms in total. The zero-order valence-corrected chi connectivity index (χ0v) is 12.1. The highest BCUT2D eigenvalue weighted by Gasteiger charge is 2.16. The Hall–Kier alpha value is -1.19. The summed E-state index contributed by atoms with van der Waals surface area (Å²) < 4.78 is 0. The van der Waals surface area contributed by atoms with E-state index in [1.54, 1.807) is 11.3 Å². The maximum atomic E-state index is 4.58. The Labute approximate surface area is 113 Å². The van der Waals surface area contributed by atoms with Crippen LogP contribution in [0.25, 0.3) is 0 Å². The van der Waals surface area contributed by atoms with Crippen molar-refractivity contribution in [2.45, 2.75) is 33.2 Å². The number of aryl methyl sites for hydroxylation is 2. The van der Waals surface area contributed by atoms with Gasteiger partial charge in [-0.1, -0.05) is 19.1 Å². The van der Waals surface area contributed by atoms with Crippen LogP contribution in [0, 0.1) is 13.8 Å². The monoisotopic (exact) mass is 260 g/mol. The first kappa shape index (κ1) is 13.2. The predicted molar refractivity (Wildman–Crippen MR) is 78.2 cm³/mol. The number of thiophene rings is 1. The zero-order chi connectivity index (χ0) is 13.0. The van der Waals surface area contributed by atoms with Gasteiger partial charge in [-0.15, -0.1) is 11.3 Å². The third kappa shape index (κ3) is 2.98. The molecule has 0 radical (unpaired) electrons. The smallest absolute Gasteiger partial charge is 0.0688 e.